The van der Waals surface area contributed by atoms with E-state index >= 15 is 0 Å². The molecule has 1 aliphatic carbocycles. The molecule has 2 rings (SSSR count). The summed E-state index contributed by atoms with van der Waals surface area (Å²) in [5, 5.41) is 6.59. The molecular weight excluding hydrogens is 248 g/mol. The van der Waals surface area contributed by atoms with Crippen molar-refractivity contribution in [1.29, 1.82) is 0 Å². The quantitative estimate of drug-likeness (QED) is 0.813. The van der Waals surface area contributed by atoms with Gasteiger partial charge in [0.25, 0.3) is 0 Å². The van der Waals surface area contributed by atoms with Crippen LogP contribution in [0.5, 0.6) is 0 Å². The zero-order valence-electron chi connectivity index (χ0n) is 11.2. The van der Waals surface area contributed by atoms with Gasteiger partial charge in [0, 0.05) is 18.5 Å². The van der Waals surface area contributed by atoms with E-state index in [1.807, 2.05) is 0 Å². The highest BCUT2D eigenvalue weighted by atomic mass is 35.5. The fraction of sp³-hybridized carbons (Fsp3) is 0.929. The van der Waals surface area contributed by atoms with Crippen LogP contribution in [-0.4, -0.2) is 25.0 Å². The summed E-state index contributed by atoms with van der Waals surface area (Å²) >= 11 is 0. The van der Waals surface area contributed by atoms with Gasteiger partial charge in [-0.3, -0.25) is 4.79 Å². The van der Waals surface area contributed by atoms with Crippen LogP contribution in [0.1, 0.15) is 57.8 Å². The first-order chi connectivity index (χ1) is 8.36. The predicted molar refractivity (Wildman–Crippen MR) is 77.1 cm³/mol. The molecule has 0 spiro atoms. The van der Waals surface area contributed by atoms with Gasteiger partial charge in [0.05, 0.1) is 0 Å². The summed E-state index contributed by atoms with van der Waals surface area (Å²) in [4.78, 5) is 12.2. The Morgan fingerprint density at radius 1 is 0.944 bits per heavy atom. The molecule has 0 aromatic heterocycles. The van der Waals surface area contributed by atoms with Gasteiger partial charge in [0.1, 0.15) is 0 Å². The van der Waals surface area contributed by atoms with Crippen LogP contribution in [0.3, 0.4) is 0 Å². The van der Waals surface area contributed by atoms with Crippen LogP contribution >= 0.6 is 12.4 Å². The fourth-order valence-corrected chi connectivity index (χ4v) is 3.01. The SMILES string of the molecule is Cl.O=C(NC1CCCNC1)C1CCCCCCC1. The van der Waals surface area contributed by atoms with E-state index in [9.17, 15) is 4.79 Å². The maximum atomic E-state index is 12.2. The predicted octanol–water partition coefficient (Wildman–Crippen LogP) is 2.64. The zero-order valence-corrected chi connectivity index (χ0v) is 12.1. The van der Waals surface area contributed by atoms with Crippen LogP contribution in [0, 0.1) is 5.92 Å². The molecule has 1 amide bonds. The van der Waals surface area contributed by atoms with E-state index in [-0.39, 0.29) is 18.3 Å². The van der Waals surface area contributed by atoms with E-state index in [2.05, 4.69) is 10.6 Å². The Hall–Kier alpha value is -0.280. The number of hydrogen-bond donors (Lipinski definition) is 2. The van der Waals surface area contributed by atoms with Crippen LogP contribution in [0.2, 0.25) is 0 Å². The summed E-state index contributed by atoms with van der Waals surface area (Å²) in [6.45, 7) is 2.06. The molecule has 2 fully saturated rings. The summed E-state index contributed by atoms with van der Waals surface area (Å²) in [6.07, 6.45) is 11.0. The first-order valence-electron chi connectivity index (χ1n) is 7.37. The number of amides is 1. The lowest BCUT2D eigenvalue weighted by Gasteiger charge is -2.27. The van der Waals surface area contributed by atoms with Crippen LogP contribution < -0.4 is 10.6 Å². The van der Waals surface area contributed by atoms with Gasteiger partial charge >= 0.3 is 0 Å². The normalized spacial score (nSPS) is 26.6. The number of hydrogen-bond acceptors (Lipinski definition) is 2. The first kappa shape index (κ1) is 15.8. The summed E-state index contributed by atoms with van der Waals surface area (Å²) in [6, 6.07) is 0.377. The zero-order chi connectivity index (χ0) is 11.9. The van der Waals surface area contributed by atoms with Crippen molar-refractivity contribution in [2.75, 3.05) is 13.1 Å². The third-order valence-corrected chi connectivity index (χ3v) is 4.12. The van der Waals surface area contributed by atoms with E-state index < -0.39 is 0 Å². The van der Waals surface area contributed by atoms with Gasteiger partial charge in [0.15, 0.2) is 0 Å². The van der Waals surface area contributed by atoms with Crippen LogP contribution in [-0.2, 0) is 4.79 Å². The van der Waals surface area contributed by atoms with Gasteiger partial charge in [-0.05, 0) is 32.2 Å². The number of piperidine rings is 1. The molecule has 3 nitrogen and oxygen atoms in total. The van der Waals surface area contributed by atoms with Crippen molar-refractivity contribution in [1.82, 2.24) is 10.6 Å². The Morgan fingerprint density at radius 3 is 2.22 bits per heavy atom. The van der Waals surface area contributed by atoms with Crippen molar-refractivity contribution in [3.63, 3.8) is 0 Å². The van der Waals surface area contributed by atoms with Crippen molar-refractivity contribution in [3.8, 4) is 0 Å². The molecule has 1 saturated carbocycles. The van der Waals surface area contributed by atoms with Gasteiger partial charge in [-0.25, -0.2) is 0 Å². The molecule has 2 N–H and O–H groups in total. The van der Waals surface area contributed by atoms with E-state index in [1.54, 1.807) is 0 Å². The number of rotatable bonds is 2. The number of carbonyl (C=O) groups excluding carboxylic acids is 1. The molecule has 1 aliphatic heterocycles. The first-order valence-corrected chi connectivity index (χ1v) is 7.37. The summed E-state index contributed by atoms with van der Waals surface area (Å²) in [5.41, 5.74) is 0. The number of halogens is 1. The lowest BCUT2D eigenvalue weighted by Crippen LogP contribution is -2.47. The third kappa shape index (κ3) is 5.15. The highest BCUT2D eigenvalue weighted by Crippen LogP contribution is 2.22. The molecule has 2 aliphatic rings. The van der Waals surface area contributed by atoms with Crippen LogP contribution in [0.25, 0.3) is 0 Å². The van der Waals surface area contributed by atoms with E-state index in [0.29, 0.717) is 11.9 Å². The van der Waals surface area contributed by atoms with Crippen molar-refractivity contribution in [2.24, 2.45) is 5.92 Å². The third-order valence-electron chi connectivity index (χ3n) is 4.12. The van der Waals surface area contributed by atoms with E-state index in [4.69, 9.17) is 0 Å². The second-order valence-electron chi connectivity index (χ2n) is 5.59. The Balaban J connectivity index is 0.00000162. The minimum atomic E-state index is 0. The average molecular weight is 275 g/mol. The van der Waals surface area contributed by atoms with Gasteiger partial charge in [-0.1, -0.05) is 32.1 Å². The molecule has 0 radical (unpaired) electrons. The van der Waals surface area contributed by atoms with Crippen molar-refractivity contribution < 1.29 is 4.79 Å². The summed E-state index contributed by atoms with van der Waals surface area (Å²) in [5.74, 6) is 0.609. The van der Waals surface area contributed by atoms with Crippen molar-refractivity contribution >= 4 is 18.3 Å². The molecule has 18 heavy (non-hydrogen) atoms. The van der Waals surface area contributed by atoms with Gasteiger partial charge in [0.2, 0.25) is 5.91 Å². The molecule has 106 valence electrons. The molecule has 4 heteroatoms. The summed E-state index contributed by atoms with van der Waals surface area (Å²) in [7, 11) is 0. The standard InChI is InChI=1S/C14H26N2O.ClH/c17-14(16-13-9-6-10-15-11-13)12-7-4-2-1-3-5-8-12;/h12-13,15H,1-11H2,(H,16,17);1H. The maximum absolute atomic E-state index is 12.2. The number of nitrogens with one attached hydrogen (secondary N) is 2. The van der Waals surface area contributed by atoms with E-state index in [0.717, 1.165) is 32.4 Å². The monoisotopic (exact) mass is 274 g/mol. The van der Waals surface area contributed by atoms with E-state index in [1.165, 1.54) is 38.5 Å². The highest BCUT2D eigenvalue weighted by Gasteiger charge is 2.22. The Morgan fingerprint density at radius 2 is 1.61 bits per heavy atom. The number of carbonyl (C=O) groups is 1. The molecule has 1 saturated heterocycles. The van der Waals surface area contributed by atoms with Gasteiger partial charge in [-0.15, -0.1) is 12.4 Å². The Kier molecular flexibility index (Phi) is 7.68. The largest absolute Gasteiger partial charge is 0.352 e. The minimum absolute atomic E-state index is 0. The molecule has 1 unspecified atom stereocenters. The fourth-order valence-electron chi connectivity index (χ4n) is 3.01. The Bertz CT molecular complexity index is 234. The molecule has 1 atom stereocenters. The summed E-state index contributed by atoms with van der Waals surface area (Å²) < 4.78 is 0. The minimum Gasteiger partial charge on any atom is -0.352 e. The maximum Gasteiger partial charge on any atom is 0.223 e. The molecule has 0 aromatic carbocycles. The topological polar surface area (TPSA) is 41.1 Å². The smallest absolute Gasteiger partial charge is 0.223 e. The van der Waals surface area contributed by atoms with Gasteiger partial charge in [-0.2, -0.15) is 0 Å². The molecular formula is C14H27ClN2O. The van der Waals surface area contributed by atoms with Gasteiger partial charge < -0.3 is 10.6 Å². The van der Waals surface area contributed by atoms with Crippen molar-refractivity contribution in [2.45, 2.75) is 63.8 Å². The average Bonchev–Trinajstić information content (AvgIpc) is 2.29. The lowest BCUT2D eigenvalue weighted by molar-refractivity contribution is -0.126. The van der Waals surface area contributed by atoms with Crippen LogP contribution in [0.15, 0.2) is 0 Å². The van der Waals surface area contributed by atoms with Crippen LogP contribution in [0.4, 0.5) is 0 Å². The van der Waals surface area contributed by atoms with Crippen molar-refractivity contribution in [3.05, 3.63) is 0 Å². The Labute approximate surface area is 117 Å². The second-order valence-corrected chi connectivity index (χ2v) is 5.59. The molecule has 1 heterocycles. The lowest BCUT2D eigenvalue weighted by atomic mass is 9.90. The molecule has 0 aromatic rings. The molecule has 0 bridgehead atoms. The highest BCUT2D eigenvalue weighted by molar-refractivity contribution is 5.85. The second kappa shape index (κ2) is 8.76.